The molecule has 2 atom stereocenters. The van der Waals surface area contributed by atoms with E-state index in [1.807, 2.05) is 32.0 Å². The van der Waals surface area contributed by atoms with Gasteiger partial charge in [0.1, 0.15) is 18.1 Å². The van der Waals surface area contributed by atoms with E-state index in [1.165, 1.54) is 0 Å². The molecule has 0 radical (unpaired) electrons. The van der Waals surface area contributed by atoms with E-state index in [2.05, 4.69) is 4.98 Å². The largest absolute Gasteiger partial charge is 0.490 e. The zero-order valence-electron chi connectivity index (χ0n) is 14.2. The van der Waals surface area contributed by atoms with E-state index in [0.29, 0.717) is 24.7 Å². The van der Waals surface area contributed by atoms with Crippen LogP contribution in [-0.2, 0) is 4.74 Å². The van der Waals surface area contributed by atoms with Gasteiger partial charge in [-0.25, -0.2) is 0 Å². The van der Waals surface area contributed by atoms with Gasteiger partial charge >= 0.3 is 0 Å². The molecular weight excluding hydrogens is 308 g/mol. The van der Waals surface area contributed by atoms with Crippen LogP contribution in [0.3, 0.4) is 0 Å². The lowest BCUT2D eigenvalue weighted by Crippen LogP contribution is -2.39. The predicted octanol–water partition coefficient (Wildman–Crippen LogP) is 2.60. The first-order valence-electron chi connectivity index (χ1n) is 8.02. The molecule has 2 aromatic rings. The number of aryl methyl sites for hydroxylation is 2. The average molecular weight is 330 g/mol. The van der Waals surface area contributed by atoms with Crippen LogP contribution in [0.4, 0.5) is 0 Å². The number of likely N-dealkylation sites (tertiary alicyclic amines) is 1. The van der Waals surface area contributed by atoms with Gasteiger partial charge in [0, 0.05) is 25.4 Å². The van der Waals surface area contributed by atoms with Crippen molar-refractivity contribution in [2.24, 2.45) is 0 Å². The van der Waals surface area contributed by atoms with E-state index in [9.17, 15) is 4.79 Å². The highest BCUT2D eigenvalue weighted by molar-refractivity contribution is 5.93. The Morgan fingerprint density at radius 3 is 2.92 bits per heavy atom. The third-order valence-corrected chi connectivity index (χ3v) is 4.28. The van der Waals surface area contributed by atoms with Crippen molar-refractivity contribution in [3.8, 4) is 5.75 Å². The number of carbonyl (C=O) groups is 1. The minimum Gasteiger partial charge on any atom is -0.490 e. The average Bonchev–Trinajstić information content (AvgIpc) is 3.16. The van der Waals surface area contributed by atoms with Crippen LogP contribution in [0, 0.1) is 13.8 Å². The van der Waals surface area contributed by atoms with E-state index in [-0.39, 0.29) is 18.1 Å². The molecule has 1 amide bonds. The molecule has 3 rings (SSSR count). The van der Waals surface area contributed by atoms with Gasteiger partial charge in [0.25, 0.3) is 5.91 Å². The highest BCUT2D eigenvalue weighted by Crippen LogP contribution is 2.25. The highest BCUT2D eigenvalue weighted by Gasteiger charge is 2.37. The summed E-state index contributed by atoms with van der Waals surface area (Å²) in [5, 5.41) is 0. The third kappa shape index (κ3) is 3.43. The van der Waals surface area contributed by atoms with Gasteiger partial charge in [-0.2, -0.15) is 0 Å². The monoisotopic (exact) mass is 330 g/mol. The van der Waals surface area contributed by atoms with Crippen molar-refractivity contribution in [3.05, 3.63) is 47.7 Å². The van der Waals surface area contributed by atoms with Crippen LogP contribution < -0.4 is 4.74 Å². The molecule has 1 aliphatic rings. The zero-order valence-corrected chi connectivity index (χ0v) is 14.2. The smallest absolute Gasteiger partial charge is 0.290 e. The summed E-state index contributed by atoms with van der Waals surface area (Å²) in [5.74, 6) is 1.72. The maximum Gasteiger partial charge on any atom is 0.290 e. The molecule has 6 nitrogen and oxygen atoms in total. The van der Waals surface area contributed by atoms with E-state index < -0.39 is 0 Å². The number of rotatable bonds is 5. The minimum absolute atomic E-state index is 0.00723. The lowest BCUT2D eigenvalue weighted by molar-refractivity contribution is 0.0625. The number of nitrogens with zero attached hydrogens (tertiary/aromatic N) is 2. The molecule has 128 valence electrons. The van der Waals surface area contributed by atoms with Crippen LogP contribution in [-0.4, -0.2) is 48.2 Å². The summed E-state index contributed by atoms with van der Waals surface area (Å²) in [6, 6.07) is 5.48. The van der Waals surface area contributed by atoms with Crippen LogP contribution in [0.2, 0.25) is 0 Å². The topological polar surface area (TPSA) is 64.8 Å². The molecule has 1 saturated heterocycles. The van der Waals surface area contributed by atoms with Gasteiger partial charge in [0.15, 0.2) is 5.76 Å². The van der Waals surface area contributed by atoms with E-state index >= 15 is 0 Å². The molecule has 0 aromatic carbocycles. The van der Waals surface area contributed by atoms with Gasteiger partial charge in [-0.1, -0.05) is 0 Å². The first kappa shape index (κ1) is 16.5. The highest BCUT2D eigenvalue weighted by atomic mass is 16.5. The Balaban J connectivity index is 1.73. The SMILES string of the molecule is CO[C@@H]1C[C@@H](COc2cccnc2)N(C(=O)c2oc(C)cc2C)C1. The fourth-order valence-electron chi connectivity index (χ4n) is 3.06. The molecule has 0 bridgehead atoms. The molecular formula is C18H22N2O4. The maximum atomic E-state index is 12.9. The molecule has 0 spiro atoms. The lowest BCUT2D eigenvalue weighted by atomic mass is 10.2. The second-order valence-electron chi connectivity index (χ2n) is 6.07. The standard InChI is InChI=1S/C18H22N2O4/c1-12-7-13(2)24-17(12)18(21)20-10-16(22-3)8-14(20)11-23-15-5-4-6-19-9-15/h4-7,9,14,16H,8,10-11H2,1-3H3/t14-,16+/m0/s1. The fourth-order valence-corrected chi connectivity index (χ4v) is 3.06. The van der Waals surface area contributed by atoms with Gasteiger partial charge in [0.2, 0.25) is 0 Å². The van der Waals surface area contributed by atoms with E-state index in [4.69, 9.17) is 13.9 Å². The molecule has 0 aliphatic carbocycles. The summed E-state index contributed by atoms with van der Waals surface area (Å²) >= 11 is 0. The van der Waals surface area contributed by atoms with E-state index in [0.717, 1.165) is 17.7 Å². The number of furan rings is 1. The normalized spacial score (nSPS) is 20.4. The van der Waals surface area contributed by atoms with Crippen molar-refractivity contribution in [1.29, 1.82) is 0 Å². The summed E-state index contributed by atoms with van der Waals surface area (Å²) < 4.78 is 16.8. The van der Waals surface area contributed by atoms with Gasteiger partial charge in [0.05, 0.1) is 18.3 Å². The van der Waals surface area contributed by atoms with Gasteiger partial charge in [-0.05, 0) is 38.5 Å². The first-order chi connectivity index (χ1) is 11.6. The third-order valence-electron chi connectivity index (χ3n) is 4.28. The van der Waals surface area contributed by atoms with Gasteiger partial charge < -0.3 is 18.8 Å². The van der Waals surface area contributed by atoms with E-state index in [1.54, 1.807) is 24.4 Å². The van der Waals surface area contributed by atoms with Crippen molar-refractivity contribution in [2.45, 2.75) is 32.4 Å². The number of hydrogen-bond acceptors (Lipinski definition) is 5. The van der Waals surface area contributed by atoms with Gasteiger partial charge in [-0.15, -0.1) is 0 Å². The molecule has 1 fully saturated rings. The molecule has 0 N–H and O–H groups in total. The minimum atomic E-state index is -0.111. The zero-order chi connectivity index (χ0) is 17.1. The van der Waals surface area contributed by atoms with Gasteiger partial charge in [-0.3, -0.25) is 9.78 Å². The molecule has 0 saturated carbocycles. The number of ether oxygens (including phenoxy) is 2. The van der Waals surface area contributed by atoms with Crippen LogP contribution in [0.15, 0.2) is 35.0 Å². The first-order valence-corrected chi connectivity index (χ1v) is 8.02. The number of aromatic nitrogens is 1. The quantitative estimate of drug-likeness (QED) is 0.843. The summed E-state index contributed by atoms with van der Waals surface area (Å²) in [6.45, 7) is 4.66. The second kappa shape index (κ2) is 7.05. The van der Waals surface area contributed by atoms with Crippen molar-refractivity contribution in [3.63, 3.8) is 0 Å². The Kier molecular flexibility index (Phi) is 4.85. The second-order valence-corrected chi connectivity index (χ2v) is 6.07. The lowest BCUT2D eigenvalue weighted by Gasteiger charge is -2.23. The van der Waals surface area contributed by atoms with Crippen molar-refractivity contribution in [1.82, 2.24) is 9.88 Å². The molecule has 6 heteroatoms. The van der Waals surface area contributed by atoms with Crippen molar-refractivity contribution in [2.75, 3.05) is 20.3 Å². The number of pyridine rings is 1. The summed E-state index contributed by atoms with van der Waals surface area (Å²) in [7, 11) is 1.67. The Morgan fingerprint density at radius 2 is 2.29 bits per heavy atom. The molecule has 2 aromatic heterocycles. The maximum absolute atomic E-state index is 12.9. The number of hydrogen-bond donors (Lipinski definition) is 0. The molecule has 24 heavy (non-hydrogen) atoms. The van der Waals surface area contributed by atoms with Crippen LogP contribution in [0.5, 0.6) is 5.75 Å². The summed E-state index contributed by atoms with van der Waals surface area (Å²) in [6.07, 6.45) is 4.10. The van der Waals surface area contributed by atoms with Crippen molar-refractivity contribution < 1.29 is 18.7 Å². The Morgan fingerprint density at radius 1 is 1.46 bits per heavy atom. The number of methoxy groups -OCH3 is 1. The number of carbonyl (C=O) groups excluding carboxylic acids is 1. The fraction of sp³-hybridized carbons (Fsp3) is 0.444. The Bertz CT molecular complexity index is 698. The Hall–Kier alpha value is -2.34. The molecule has 0 unspecified atom stereocenters. The van der Waals surface area contributed by atoms with Crippen molar-refractivity contribution >= 4 is 5.91 Å². The number of amides is 1. The predicted molar refractivity (Wildman–Crippen MR) is 88.2 cm³/mol. The summed E-state index contributed by atoms with van der Waals surface area (Å²) in [5.41, 5.74) is 0.852. The van der Waals surface area contributed by atoms with Crippen LogP contribution >= 0.6 is 0 Å². The summed E-state index contributed by atoms with van der Waals surface area (Å²) in [4.78, 5) is 18.7. The van der Waals surface area contributed by atoms with Crippen LogP contribution in [0.25, 0.3) is 0 Å². The van der Waals surface area contributed by atoms with Crippen LogP contribution in [0.1, 0.15) is 28.3 Å². The molecule has 1 aliphatic heterocycles. The Labute approximate surface area is 141 Å². The molecule has 3 heterocycles.